The van der Waals surface area contributed by atoms with Crippen LogP contribution in [0.3, 0.4) is 0 Å². The number of furan rings is 1. The standard InChI is InChI=1S/C19H20N4O2/c1-3-24-17-8-5-14(6-9-17)4-7-16-10-15-11-18(13(2)22-23-20)25-19(15)12-21-16/h5-6,8-13H,3-4,7H2,1-2H3. The van der Waals surface area contributed by atoms with E-state index in [-0.39, 0.29) is 6.04 Å². The molecule has 6 heteroatoms. The maximum Gasteiger partial charge on any atom is 0.152 e. The van der Waals surface area contributed by atoms with Crippen molar-refractivity contribution in [2.24, 2.45) is 5.11 Å². The zero-order valence-electron chi connectivity index (χ0n) is 14.3. The average molecular weight is 336 g/mol. The number of benzene rings is 1. The second kappa shape index (κ2) is 7.73. The Labute approximate surface area is 146 Å². The van der Waals surface area contributed by atoms with Crippen LogP contribution in [0.1, 0.15) is 36.9 Å². The number of fused-ring (bicyclic) bond motifs is 1. The van der Waals surface area contributed by atoms with Crippen molar-refractivity contribution in [3.63, 3.8) is 0 Å². The van der Waals surface area contributed by atoms with Crippen molar-refractivity contribution >= 4 is 11.0 Å². The summed E-state index contributed by atoms with van der Waals surface area (Å²) in [6, 6.07) is 11.8. The number of aromatic nitrogens is 1. The summed E-state index contributed by atoms with van der Waals surface area (Å²) in [6.45, 7) is 4.45. The van der Waals surface area contributed by atoms with Crippen LogP contribution in [-0.2, 0) is 12.8 Å². The smallest absolute Gasteiger partial charge is 0.152 e. The summed E-state index contributed by atoms with van der Waals surface area (Å²) in [5, 5.41) is 4.64. The third kappa shape index (κ3) is 4.11. The van der Waals surface area contributed by atoms with Gasteiger partial charge >= 0.3 is 0 Å². The first-order valence-electron chi connectivity index (χ1n) is 8.34. The third-order valence-electron chi connectivity index (χ3n) is 4.02. The number of azide groups is 1. The summed E-state index contributed by atoms with van der Waals surface area (Å²) >= 11 is 0. The van der Waals surface area contributed by atoms with Crippen LogP contribution >= 0.6 is 0 Å². The molecular formula is C19H20N4O2. The second-order valence-corrected chi connectivity index (χ2v) is 5.82. The largest absolute Gasteiger partial charge is 0.494 e. The van der Waals surface area contributed by atoms with Gasteiger partial charge in [0.15, 0.2) is 5.58 Å². The SMILES string of the molecule is CCOc1ccc(CCc2cc3cc(C(C)N=[N+]=[N-])oc3cn2)cc1. The molecule has 25 heavy (non-hydrogen) atoms. The van der Waals surface area contributed by atoms with Gasteiger partial charge in [0.2, 0.25) is 0 Å². The van der Waals surface area contributed by atoms with Crippen LogP contribution in [0.2, 0.25) is 0 Å². The lowest BCUT2D eigenvalue weighted by atomic mass is 10.1. The van der Waals surface area contributed by atoms with Crippen molar-refractivity contribution in [2.75, 3.05) is 6.61 Å². The Morgan fingerprint density at radius 2 is 2.04 bits per heavy atom. The Hall–Kier alpha value is -2.98. The van der Waals surface area contributed by atoms with E-state index in [0.29, 0.717) is 18.0 Å². The van der Waals surface area contributed by atoms with Crippen LogP contribution in [0.15, 0.2) is 52.1 Å². The highest BCUT2D eigenvalue weighted by Gasteiger charge is 2.11. The van der Waals surface area contributed by atoms with Gasteiger partial charge in [-0.25, -0.2) is 0 Å². The number of pyridine rings is 1. The fourth-order valence-electron chi connectivity index (χ4n) is 2.68. The fraction of sp³-hybridized carbons (Fsp3) is 0.316. The lowest BCUT2D eigenvalue weighted by Gasteiger charge is -2.05. The molecule has 0 aliphatic carbocycles. The molecule has 0 aliphatic heterocycles. The van der Waals surface area contributed by atoms with Gasteiger partial charge in [-0.2, -0.15) is 0 Å². The molecule has 1 aromatic carbocycles. The van der Waals surface area contributed by atoms with Gasteiger partial charge in [-0.05, 0) is 62.0 Å². The lowest BCUT2D eigenvalue weighted by Crippen LogP contribution is -1.95. The van der Waals surface area contributed by atoms with E-state index in [1.54, 1.807) is 13.1 Å². The average Bonchev–Trinajstić information content (AvgIpc) is 3.05. The van der Waals surface area contributed by atoms with Gasteiger partial charge in [-0.3, -0.25) is 4.98 Å². The number of nitrogens with zero attached hydrogens (tertiary/aromatic N) is 4. The van der Waals surface area contributed by atoms with Crippen molar-refractivity contribution in [1.82, 2.24) is 4.98 Å². The van der Waals surface area contributed by atoms with Gasteiger partial charge in [0.25, 0.3) is 0 Å². The van der Waals surface area contributed by atoms with E-state index in [1.807, 2.05) is 31.2 Å². The molecule has 0 saturated heterocycles. The Morgan fingerprint density at radius 1 is 1.24 bits per heavy atom. The van der Waals surface area contributed by atoms with Gasteiger partial charge in [0, 0.05) is 16.0 Å². The molecule has 0 amide bonds. The van der Waals surface area contributed by atoms with E-state index < -0.39 is 0 Å². The van der Waals surface area contributed by atoms with Crippen LogP contribution in [0, 0.1) is 0 Å². The molecule has 3 rings (SSSR count). The van der Waals surface area contributed by atoms with Crippen molar-refractivity contribution in [1.29, 1.82) is 0 Å². The summed E-state index contributed by atoms with van der Waals surface area (Å²) < 4.78 is 11.2. The molecule has 0 saturated carbocycles. The minimum Gasteiger partial charge on any atom is -0.494 e. The summed E-state index contributed by atoms with van der Waals surface area (Å²) in [5.74, 6) is 1.55. The van der Waals surface area contributed by atoms with Crippen LogP contribution in [0.4, 0.5) is 0 Å². The molecule has 0 fully saturated rings. The normalized spacial score (nSPS) is 11.9. The monoisotopic (exact) mass is 336 g/mol. The first-order valence-corrected chi connectivity index (χ1v) is 8.34. The number of hydrogen-bond acceptors (Lipinski definition) is 4. The van der Waals surface area contributed by atoms with E-state index >= 15 is 0 Å². The molecule has 2 aromatic heterocycles. The van der Waals surface area contributed by atoms with Crippen molar-refractivity contribution < 1.29 is 9.15 Å². The van der Waals surface area contributed by atoms with Crippen LogP contribution in [0.25, 0.3) is 21.4 Å². The number of ether oxygens (including phenoxy) is 1. The highest BCUT2D eigenvalue weighted by Crippen LogP contribution is 2.26. The Bertz CT molecular complexity index is 895. The van der Waals surface area contributed by atoms with Crippen molar-refractivity contribution in [3.8, 4) is 5.75 Å². The minimum absolute atomic E-state index is 0.329. The van der Waals surface area contributed by atoms with Gasteiger partial charge in [0.05, 0.1) is 18.8 Å². The molecule has 0 spiro atoms. The topological polar surface area (TPSA) is 84.0 Å². The number of hydrogen-bond donors (Lipinski definition) is 0. The molecule has 3 aromatic rings. The Kier molecular flexibility index (Phi) is 5.21. The summed E-state index contributed by atoms with van der Waals surface area (Å²) in [7, 11) is 0. The molecule has 1 atom stereocenters. The maximum absolute atomic E-state index is 8.54. The zero-order valence-corrected chi connectivity index (χ0v) is 14.3. The Balaban J connectivity index is 1.70. The van der Waals surface area contributed by atoms with E-state index in [9.17, 15) is 0 Å². The fourth-order valence-corrected chi connectivity index (χ4v) is 2.68. The molecular weight excluding hydrogens is 316 g/mol. The molecule has 6 nitrogen and oxygen atoms in total. The quantitative estimate of drug-likeness (QED) is 0.330. The minimum atomic E-state index is -0.329. The summed E-state index contributed by atoms with van der Waals surface area (Å²) in [5.41, 5.74) is 11.5. The van der Waals surface area contributed by atoms with Gasteiger partial charge in [-0.15, -0.1) is 0 Å². The molecule has 0 N–H and O–H groups in total. The van der Waals surface area contributed by atoms with Gasteiger partial charge in [0.1, 0.15) is 11.5 Å². The first-order chi connectivity index (χ1) is 12.2. The molecule has 128 valence electrons. The van der Waals surface area contributed by atoms with E-state index in [4.69, 9.17) is 14.7 Å². The molecule has 1 unspecified atom stereocenters. The highest BCUT2D eigenvalue weighted by molar-refractivity contribution is 5.77. The second-order valence-electron chi connectivity index (χ2n) is 5.82. The van der Waals surface area contributed by atoms with E-state index in [1.165, 1.54) is 5.56 Å². The van der Waals surface area contributed by atoms with Crippen molar-refractivity contribution in [2.45, 2.75) is 32.7 Å². The van der Waals surface area contributed by atoms with Crippen molar-refractivity contribution in [3.05, 3.63) is 70.1 Å². The van der Waals surface area contributed by atoms with Gasteiger partial charge < -0.3 is 9.15 Å². The van der Waals surface area contributed by atoms with Crippen LogP contribution in [-0.4, -0.2) is 11.6 Å². The van der Waals surface area contributed by atoms with Crippen LogP contribution in [0.5, 0.6) is 5.75 Å². The summed E-state index contributed by atoms with van der Waals surface area (Å²) in [4.78, 5) is 7.29. The molecule has 2 heterocycles. The third-order valence-corrected chi connectivity index (χ3v) is 4.02. The molecule has 0 radical (unpaired) electrons. The predicted octanol–water partition coefficient (Wildman–Crippen LogP) is 5.38. The van der Waals surface area contributed by atoms with E-state index in [2.05, 4.69) is 27.1 Å². The van der Waals surface area contributed by atoms with Gasteiger partial charge in [-0.1, -0.05) is 17.2 Å². The maximum atomic E-state index is 8.54. The molecule has 0 aliphatic rings. The summed E-state index contributed by atoms with van der Waals surface area (Å²) in [6.07, 6.45) is 3.48. The number of rotatable bonds is 7. The van der Waals surface area contributed by atoms with Crippen LogP contribution < -0.4 is 4.74 Å². The predicted molar refractivity (Wildman–Crippen MR) is 96.6 cm³/mol. The zero-order chi connectivity index (χ0) is 17.6. The highest BCUT2D eigenvalue weighted by atomic mass is 16.5. The van der Waals surface area contributed by atoms with E-state index in [0.717, 1.165) is 29.7 Å². The first kappa shape index (κ1) is 16.9. The number of aryl methyl sites for hydroxylation is 2. The molecule has 0 bridgehead atoms. The Morgan fingerprint density at radius 3 is 2.76 bits per heavy atom. The lowest BCUT2D eigenvalue weighted by molar-refractivity contribution is 0.340.